The maximum Gasteiger partial charge on any atom is 0.240 e. The van der Waals surface area contributed by atoms with Crippen molar-refractivity contribution < 1.29 is 4.52 Å². The highest BCUT2D eigenvalue weighted by molar-refractivity contribution is 6.30. The van der Waals surface area contributed by atoms with E-state index in [1.165, 1.54) is 0 Å². The van der Waals surface area contributed by atoms with Crippen molar-refractivity contribution in [3.05, 3.63) is 41.0 Å². The molecule has 0 bridgehead atoms. The SMILES string of the molecule is CCCN(Cc1noc(CN)n1)c1ccc(Cl)cc1.Cl. The van der Waals surface area contributed by atoms with E-state index >= 15 is 0 Å². The highest BCUT2D eigenvalue weighted by Crippen LogP contribution is 2.19. The molecule has 0 aliphatic carbocycles. The molecule has 5 nitrogen and oxygen atoms in total. The van der Waals surface area contributed by atoms with Gasteiger partial charge >= 0.3 is 0 Å². The molecule has 0 fully saturated rings. The van der Waals surface area contributed by atoms with Crippen LogP contribution in [0, 0.1) is 0 Å². The summed E-state index contributed by atoms with van der Waals surface area (Å²) in [5, 5.41) is 4.65. The molecule has 0 saturated heterocycles. The van der Waals surface area contributed by atoms with Gasteiger partial charge in [-0.05, 0) is 30.7 Å². The minimum atomic E-state index is 0. The molecule has 7 heteroatoms. The summed E-state index contributed by atoms with van der Waals surface area (Å²) in [5.41, 5.74) is 6.54. The van der Waals surface area contributed by atoms with Gasteiger partial charge in [0.15, 0.2) is 5.82 Å². The first-order valence-electron chi connectivity index (χ1n) is 6.25. The number of rotatable bonds is 6. The van der Waals surface area contributed by atoms with E-state index in [0.29, 0.717) is 18.3 Å². The maximum atomic E-state index is 5.90. The molecular weight excluding hydrogens is 299 g/mol. The van der Waals surface area contributed by atoms with E-state index < -0.39 is 0 Å². The van der Waals surface area contributed by atoms with Crippen LogP contribution >= 0.6 is 24.0 Å². The van der Waals surface area contributed by atoms with Gasteiger partial charge in [0.05, 0.1) is 13.1 Å². The Morgan fingerprint density at radius 1 is 1.30 bits per heavy atom. The topological polar surface area (TPSA) is 68.2 Å². The standard InChI is InChI=1S/C13H17ClN4O.ClH/c1-2-7-18(11-5-3-10(14)4-6-11)9-12-16-13(8-15)19-17-12;/h3-6H,2,7-9,15H2,1H3;1H. The van der Waals surface area contributed by atoms with Crippen LogP contribution in [0.2, 0.25) is 5.02 Å². The zero-order valence-corrected chi connectivity index (χ0v) is 12.8. The van der Waals surface area contributed by atoms with Crippen LogP contribution < -0.4 is 10.6 Å². The van der Waals surface area contributed by atoms with Crippen molar-refractivity contribution in [2.24, 2.45) is 5.73 Å². The average molecular weight is 317 g/mol. The Balaban J connectivity index is 0.00000200. The second kappa shape index (κ2) is 8.09. The lowest BCUT2D eigenvalue weighted by molar-refractivity contribution is 0.374. The second-order valence-corrected chi connectivity index (χ2v) is 4.64. The zero-order chi connectivity index (χ0) is 13.7. The fourth-order valence-electron chi connectivity index (χ4n) is 1.83. The number of aromatic nitrogens is 2. The summed E-state index contributed by atoms with van der Waals surface area (Å²) in [4.78, 5) is 6.41. The highest BCUT2D eigenvalue weighted by Gasteiger charge is 2.11. The Kier molecular flexibility index (Phi) is 6.78. The highest BCUT2D eigenvalue weighted by atomic mass is 35.5. The monoisotopic (exact) mass is 316 g/mol. The Morgan fingerprint density at radius 3 is 2.55 bits per heavy atom. The Labute approximate surface area is 129 Å². The van der Waals surface area contributed by atoms with Gasteiger partial charge in [-0.1, -0.05) is 23.7 Å². The Hall–Kier alpha value is -1.30. The van der Waals surface area contributed by atoms with Crippen molar-refractivity contribution in [3.63, 3.8) is 0 Å². The quantitative estimate of drug-likeness (QED) is 0.887. The molecule has 1 heterocycles. The first kappa shape index (κ1) is 16.8. The van der Waals surface area contributed by atoms with Crippen molar-refractivity contribution in [2.75, 3.05) is 11.4 Å². The fourth-order valence-corrected chi connectivity index (χ4v) is 1.96. The molecule has 0 spiro atoms. The summed E-state index contributed by atoms with van der Waals surface area (Å²) in [5.74, 6) is 1.10. The molecular formula is C13H18Cl2N4O. The van der Waals surface area contributed by atoms with Crippen LogP contribution in [0.4, 0.5) is 5.69 Å². The van der Waals surface area contributed by atoms with Crippen LogP contribution in [0.5, 0.6) is 0 Å². The molecule has 0 saturated carbocycles. The largest absolute Gasteiger partial charge is 0.364 e. The predicted molar refractivity (Wildman–Crippen MR) is 82.2 cm³/mol. The molecule has 0 radical (unpaired) electrons. The minimum Gasteiger partial charge on any atom is -0.364 e. The van der Waals surface area contributed by atoms with Crippen LogP contribution in [0.1, 0.15) is 25.1 Å². The van der Waals surface area contributed by atoms with Gasteiger partial charge in [-0.25, -0.2) is 0 Å². The van der Waals surface area contributed by atoms with E-state index in [2.05, 4.69) is 22.0 Å². The summed E-state index contributed by atoms with van der Waals surface area (Å²) in [6.07, 6.45) is 1.03. The molecule has 0 atom stereocenters. The van der Waals surface area contributed by atoms with Crippen molar-refractivity contribution in [3.8, 4) is 0 Å². The van der Waals surface area contributed by atoms with Crippen molar-refractivity contribution >= 4 is 29.7 Å². The molecule has 2 rings (SSSR count). The van der Waals surface area contributed by atoms with E-state index in [0.717, 1.165) is 23.7 Å². The van der Waals surface area contributed by atoms with Crippen LogP contribution in [-0.2, 0) is 13.1 Å². The molecule has 0 aliphatic rings. The number of anilines is 1. The van der Waals surface area contributed by atoms with Crippen LogP contribution in [0.15, 0.2) is 28.8 Å². The smallest absolute Gasteiger partial charge is 0.240 e. The maximum absolute atomic E-state index is 5.90. The van der Waals surface area contributed by atoms with Gasteiger partial charge in [0.25, 0.3) is 0 Å². The third-order valence-corrected chi connectivity index (χ3v) is 2.95. The van der Waals surface area contributed by atoms with Gasteiger partial charge in [-0.3, -0.25) is 0 Å². The van der Waals surface area contributed by atoms with Crippen molar-refractivity contribution in [2.45, 2.75) is 26.4 Å². The zero-order valence-electron chi connectivity index (χ0n) is 11.3. The summed E-state index contributed by atoms with van der Waals surface area (Å²) in [6, 6.07) is 7.73. The number of benzene rings is 1. The van der Waals surface area contributed by atoms with Gasteiger partial charge in [-0.15, -0.1) is 12.4 Å². The molecule has 2 N–H and O–H groups in total. The first-order chi connectivity index (χ1) is 9.22. The minimum absolute atomic E-state index is 0. The molecule has 1 aromatic heterocycles. The normalized spacial score (nSPS) is 10.2. The number of nitrogens with two attached hydrogens (primary N) is 1. The molecule has 0 amide bonds. The van der Waals surface area contributed by atoms with Crippen molar-refractivity contribution in [1.82, 2.24) is 10.1 Å². The number of halogens is 2. The molecule has 0 aliphatic heterocycles. The molecule has 2 aromatic rings. The first-order valence-corrected chi connectivity index (χ1v) is 6.62. The number of nitrogens with zero attached hydrogens (tertiary/aromatic N) is 3. The average Bonchev–Trinajstić information content (AvgIpc) is 2.87. The van der Waals surface area contributed by atoms with Gasteiger partial charge < -0.3 is 15.2 Å². The number of hydrogen-bond donors (Lipinski definition) is 1. The van der Waals surface area contributed by atoms with E-state index in [-0.39, 0.29) is 19.0 Å². The van der Waals surface area contributed by atoms with E-state index in [9.17, 15) is 0 Å². The summed E-state index contributed by atoms with van der Waals surface area (Å²) < 4.78 is 5.01. The third kappa shape index (κ3) is 4.37. The lowest BCUT2D eigenvalue weighted by atomic mass is 10.2. The predicted octanol–water partition coefficient (Wildman–Crippen LogP) is 3.02. The van der Waals surface area contributed by atoms with Crippen LogP contribution in [0.25, 0.3) is 0 Å². The fraction of sp³-hybridized carbons (Fsp3) is 0.385. The Bertz CT molecular complexity index is 515. The Morgan fingerprint density at radius 2 is 2.00 bits per heavy atom. The van der Waals surface area contributed by atoms with E-state index in [4.69, 9.17) is 21.9 Å². The van der Waals surface area contributed by atoms with Gasteiger partial charge in [0.1, 0.15) is 0 Å². The lowest BCUT2D eigenvalue weighted by Crippen LogP contribution is -2.24. The molecule has 0 unspecified atom stereocenters. The van der Waals surface area contributed by atoms with E-state index in [1.54, 1.807) is 0 Å². The van der Waals surface area contributed by atoms with Crippen LogP contribution in [0.3, 0.4) is 0 Å². The second-order valence-electron chi connectivity index (χ2n) is 4.21. The summed E-state index contributed by atoms with van der Waals surface area (Å²) in [6.45, 7) is 3.90. The van der Waals surface area contributed by atoms with Crippen LogP contribution in [-0.4, -0.2) is 16.7 Å². The third-order valence-electron chi connectivity index (χ3n) is 2.70. The molecule has 1 aromatic carbocycles. The molecule has 20 heavy (non-hydrogen) atoms. The van der Waals surface area contributed by atoms with Gasteiger partial charge in [-0.2, -0.15) is 4.98 Å². The molecule has 110 valence electrons. The summed E-state index contributed by atoms with van der Waals surface area (Å²) in [7, 11) is 0. The summed E-state index contributed by atoms with van der Waals surface area (Å²) >= 11 is 5.90. The lowest BCUT2D eigenvalue weighted by Gasteiger charge is -2.22. The van der Waals surface area contributed by atoms with E-state index in [1.807, 2.05) is 24.3 Å². The van der Waals surface area contributed by atoms with Gasteiger partial charge in [0, 0.05) is 17.3 Å². The van der Waals surface area contributed by atoms with Gasteiger partial charge in [0.2, 0.25) is 5.89 Å². The number of hydrogen-bond acceptors (Lipinski definition) is 5. The van der Waals surface area contributed by atoms with Crippen molar-refractivity contribution in [1.29, 1.82) is 0 Å².